The van der Waals surface area contributed by atoms with E-state index in [-0.39, 0.29) is 5.91 Å². The first-order valence-corrected chi connectivity index (χ1v) is 10.2. The van der Waals surface area contributed by atoms with Crippen LogP contribution in [0, 0.1) is 0 Å². The number of hydrogen-bond acceptors (Lipinski definition) is 6. The predicted molar refractivity (Wildman–Crippen MR) is 120 cm³/mol. The Hall–Kier alpha value is -3.23. The topological polar surface area (TPSA) is 81.1 Å². The number of hydrogen-bond donors (Lipinski definition) is 2. The Morgan fingerprint density at radius 2 is 1.97 bits per heavy atom. The van der Waals surface area contributed by atoms with E-state index < -0.39 is 0 Å². The van der Waals surface area contributed by atoms with Gasteiger partial charge in [-0.15, -0.1) is 0 Å². The van der Waals surface area contributed by atoms with Gasteiger partial charge in [0.25, 0.3) is 5.91 Å². The summed E-state index contributed by atoms with van der Waals surface area (Å²) in [5.41, 5.74) is 2.05. The zero-order chi connectivity index (χ0) is 21.1. The second-order valence-electron chi connectivity index (χ2n) is 6.38. The molecule has 2 aromatic carbocycles. The Morgan fingerprint density at radius 1 is 1.17 bits per heavy atom. The number of anilines is 2. The summed E-state index contributed by atoms with van der Waals surface area (Å²) in [7, 11) is 3.40. The van der Waals surface area contributed by atoms with Crippen LogP contribution in [0.3, 0.4) is 0 Å². The average Bonchev–Trinajstić information content (AvgIpc) is 3.12. The van der Waals surface area contributed by atoms with Gasteiger partial charge in [-0.05, 0) is 54.4 Å². The van der Waals surface area contributed by atoms with Gasteiger partial charge in [-0.2, -0.15) is 0 Å². The number of aryl methyl sites for hydroxylation is 1. The van der Waals surface area contributed by atoms with Gasteiger partial charge >= 0.3 is 0 Å². The lowest BCUT2D eigenvalue weighted by atomic mass is 10.2. The summed E-state index contributed by atoms with van der Waals surface area (Å²) in [6, 6.07) is 12.9. The first kappa shape index (κ1) is 20.1. The quantitative estimate of drug-likeness (QED) is 0.411. The molecule has 4 aromatic rings. The number of fused-ring (bicyclic) bond motifs is 1. The summed E-state index contributed by atoms with van der Waals surface area (Å²) in [6.45, 7) is 0. The monoisotopic (exact) mass is 439 g/mol. The minimum absolute atomic E-state index is 0.221. The first-order chi connectivity index (χ1) is 14.6. The van der Waals surface area contributed by atoms with Gasteiger partial charge in [0.1, 0.15) is 11.4 Å². The molecule has 0 aliphatic heterocycles. The second kappa shape index (κ2) is 8.64. The summed E-state index contributed by atoms with van der Waals surface area (Å²) < 4.78 is 10.2. The number of methoxy groups -OCH3 is 1. The van der Waals surface area contributed by atoms with Crippen molar-refractivity contribution in [2.24, 2.45) is 7.05 Å². The fourth-order valence-corrected chi connectivity index (χ4v) is 3.89. The SMILES string of the molecule is COc1ccc2c(cc(C(=O)Nc3ccc(SNc4cnccn4)cc3)n2C)c1Cl. The molecule has 0 spiro atoms. The third kappa shape index (κ3) is 4.05. The molecule has 30 heavy (non-hydrogen) atoms. The smallest absolute Gasteiger partial charge is 0.272 e. The van der Waals surface area contributed by atoms with E-state index in [4.69, 9.17) is 16.3 Å². The summed E-state index contributed by atoms with van der Waals surface area (Å²) in [5, 5.41) is 4.18. The predicted octanol–water partition coefficient (Wildman–Crippen LogP) is 5.00. The van der Waals surface area contributed by atoms with Crippen LogP contribution >= 0.6 is 23.5 Å². The molecule has 2 aromatic heterocycles. The van der Waals surface area contributed by atoms with Crippen LogP contribution in [-0.4, -0.2) is 27.6 Å². The number of carbonyl (C=O) groups is 1. The molecule has 0 saturated heterocycles. The van der Waals surface area contributed by atoms with Crippen molar-refractivity contribution < 1.29 is 9.53 Å². The highest BCUT2D eigenvalue weighted by molar-refractivity contribution is 8.00. The lowest BCUT2D eigenvalue weighted by Gasteiger charge is -2.08. The van der Waals surface area contributed by atoms with Crippen LogP contribution in [-0.2, 0) is 7.05 Å². The van der Waals surface area contributed by atoms with E-state index in [2.05, 4.69) is 20.0 Å². The fraction of sp³-hybridized carbons (Fsp3) is 0.0952. The fourth-order valence-electron chi connectivity index (χ4n) is 3.00. The zero-order valence-corrected chi connectivity index (χ0v) is 17.8. The highest BCUT2D eigenvalue weighted by atomic mass is 35.5. The van der Waals surface area contributed by atoms with Crippen molar-refractivity contribution in [3.8, 4) is 5.75 Å². The summed E-state index contributed by atoms with van der Waals surface area (Å²) in [5.74, 6) is 1.03. The molecular weight excluding hydrogens is 422 g/mol. The van der Waals surface area contributed by atoms with Crippen molar-refractivity contribution in [2.75, 3.05) is 17.1 Å². The Bertz CT molecular complexity index is 1200. The summed E-state index contributed by atoms with van der Waals surface area (Å²) >= 11 is 7.81. The molecule has 1 amide bonds. The first-order valence-electron chi connectivity index (χ1n) is 8.99. The van der Waals surface area contributed by atoms with E-state index in [0.29, 0.717) is 28.0 Å². The maximum atomic E-state index is 12.8. The molecule has 0 bridgehead atoms. The average molecular weight is 440 g/mol. The maximum absolute atomic E-state index is 12.8. The van der Waals surface area contributed by atoms with Crippen molar-refractivity contribution in [2.45, 2.75) is 4.90 Å². The number of benzene rings is 2. The van der Waals surface area contributed by atoms with Crippen molar-refractivity contribution in [1.82, 2.24) is 14.5 Å². The third-order valence-corrected chi connectivity index (χ3v) is 5.74. The Morgan fingerprint density at radius 3 is 2.67 bits per heavy atom. The normalized spacial score (nSPS) is 10.8. The molecule has 2 N–H and O–H groups in total. The minimum Gasteiger partial charge on any atom is -0.495 e. The number of carbonyl (C=O) groups excluding carboxylic acids is 1. The molecule has 0 radical (unpaired) electrons. The Kier molecular flexibility index (Phi) is 5.78. The molecule has 0 aliphatic rings. The van der Waals surface area contributed by atoms with E-state index in [1.165, 1.54) is 11.9 Å². The Labute approximate surface area is 182 Å². The molecule has 152 valence electrons. The van der Waals surface area contributed by atoms with Crippen LogP contribution in [0.5, 0.6) is 5.75 Å². The highest BCUT2D eigenvalue weighted by Crippen LogP contribution is 2.34. The van der Waals surface area contributed by atoms with Gasteiger partial charge in [-0.1, -0.05) is 11.6 Å². The molecule has 0 atom stereocenters. The van der Waals surface area contributed by atoms with Gasteiger partial charge in [0.05, 0.1) is 23.8 Å². The molecule has 9 heteroatoms. The van der Waals surface area contributed by atoms with Gasteiger partial charge in [-0.3, -0.25) is 9.78 Å². The van der Waals surface area contributed by atoms with E-state index in [1.54, 1.807) is 37.8 Å². The van der Waals surface area contributed by atoms with Crippen LogP contribution in [0.25, 0.3) is 10.9 Å². The van der Waals surface area contributed by atoms with Crippen molar-refractivity contribution in [3.63, 3.8) is 0 Å². The van der Waals surface area contributed by atoms with E-state index in [1.807, 2.05) is 41.9 Å². The molecule has 0 unspecified atom stereocenters. The third-order valence-electron chi connectivity index (χ3n) is 4.53. The van der Waals surface area contributed by atoms with Crippen LogP contribution in [0.1, 0.15) is 10.5 Å². The largest absolute Gasteiger partial charge is 0.495 e. The number of aromatic nitrogens is 3. The molecule has 0 fully saturated rings. The summed E-state index contributed by atoms with van der Waals surface area (Å²) in [6.07, 6.45) is 4.89. The van der Waals surface area contributed by atoms with Crippen LogP contribution in [0.15, 0.2) is 66.0 Å². The minimum atomic E-state index is -0.221. The number of amides is 1. The van der Waals surface area contributed by atoms with Crippen LogP contribution in [0.4, 0.5) is 11.5 Å². The molecular formula is C21H18ClN5O2S. The second-order valence-corrected chi connectivity index (χ2v) is 7.63. The highest BCUT2D eigenvalue weighted by Gasteiger charge is 2.17. The van der Waals surface area contributed by atoms with Gasteiger partial charge in [-0.25, -0.2) is 4.98 Å². The van der Waals surface area contributed by atoms with Gasteiger partial charge in [0, 0.05) is 35.4 Å². The maximum Gasteiger partial charge on any atom is 0.272 e. The number of rotatable bonds is 6. The number of nitrogens with one attached hydrogen (secondary N) is 2. The Balaban J connectivity index is 1.47. The molecule has 4 rings (SSSR count). The van der Waals surface area contributed by atoms with Gasteiger partial charge in [0.2, 0.25) is 0 Å². The summed E-state index contributed by atoms with van der Waals surface area (Å²) in [4.78, 5) is 22.0. The lowest BCUT2D eigenvalue weighted by molar-refractivity contribution is 0.101. The van der Waals surface area contributed by atoms with Crippen molar-refractivity contribution >= 4 is 51.9 Å². The molecule has 7 nitrogen and oxygen atoms in total. The van der Waals surface area contributed by atoms with Gasteiger partial charge < -0.3 is 19.3 Å². The van der Waals surface area contributed by atoms with Crippen molar-refractivity contribution in [3.05, 3.63) is 71.8 Å². The molecule has 0 aliphatic carbocycles. The number of ether oxygens (including phenoxy) is 1. The molecule has 0 saturated carbocycles. The van der Waals surface area contributed by atoms with E-state index in [0.717, 1.165) is 15.8 Å². The molecule has 2 heterocycles. The van der Waals surface area contributed by atoms with Crippen LogP contribution in [0.2, 0.25) is 5.02 Å². The number of halogens is 1. The van der Waals surface area contributed by atoms with E-state index in [9.17, 15) is 4.79 Å². The van der Waals surface area contributed by atoms with E-state index >= 15 is 0 Å². The zero-order valence-electron chi connectivity index (χ0n) is 16.2. The van der Waals surface area contributed by atoms with Crippen LogP contribution < -0.4 is 14.8 Å². The standard InChI is InChI=1S/C21H18ClN5O2S/c1-27-16-7-8-18(29-2)20(22)15(16)11-17(27)21(28)25-13-3-5-14(6-4-13)30-26-19-12-23-9-10-24-19/h3-12H,1-2H3,(H,24,26)(H,25,28). The lowest BCUT2D eigenvalue weighted by Crippen LogP contribution is -2.15. The van der Waals surface area contributed by atoms with Crippen molar-refractivity contribution in [1.29, 1.82) is 0 Å². The number of nitrogens with zero attached hydrogens (tertiary/aromatic N) is 3. The van der Waals surface area contributed by atoms with Gasteiger partial charge in [0.15, 0.2) is 5.82 Å².